The third-order valence-electron chi connectivity index (χ3n) is 3.82. The summed E-state index contributed by atoms with van der Waals surface area (Å²) in [7, 11) is 0. The van der Waals surface area contributed by atoms with Gasteiger partial charge in [-0.05, 0) is 18.9 Å². The van der Waals surface area contributed by atoms with Crippen LogP contribution in [0.3, 0.4) is 0 Å². The Morgan fingerprint density at radius 2 is 1.62 bits per heavy atom. The Kier molecular flexibility index (Phi) is 7.06. The van der Waals surface area contributed by atoms with Gasteiger partial charge in [0.1, 0.15) is 0 Å². The lowest BCUT2D eigenvalue weighted by atomic mass is 10.1. The molecule has 1 rings (SSSR count). The van der Waals surface area contributed by atoms with Crippen LogP contribution in [0.15, 0.2) is 0 Å². The second-order valence-electron chi connectivity index (χ2n) is 5.52. The molecule has 2 unspecified atom stereocenters. The summed E-state index contributed by atoms with van der Waals surface area (Å²) in [5, 5.41) is 0. The van der Waals surface area contributed by atoms with E-state index in [1.165, 1.54) is 58.0 Å². The lowest BCUT2D eigenvalue weighted by Gasteiger charge is -2.14. The van der Waals surface area contributed by atoms with E-state index in [0.717, 1.165) is 6.54 Å². The van der Waals surface area contributed by atoms with Crippen molar-refractivity contribution in [2.24, 2.45) is 11.7 Å². The van der Waals surface area contributed by atoms with Crippen LogP contribution in [0.4, 0.5) is 0 Å². The maximum atomic E-state index is 6.01. The smallest absolute Gasteiger partial charge is 0.0206 e. The highest BCUT2D eigenvalue weighted by molar-refractivity contribution is 4.83. The summed E-state index contributed by atoms with van der Waals surface area (Å²) >= 11 is 0. The molecule has 0 aromatic carbocycles. The van der Waals surface area contributed by atoms with Crippen molar-refractivity contribution in [3.8, 4) is 0 Å². The van der Waals surface area contributed by atoms with E-state index in [1.54, 1.807) is 0 Å². The normalized spacial score (nSPS) is 26.4. The fourth-order valence-corrected chi connectivity index (χ4v) is 2.57. The van der Waals surface area contributed by atoms with Gasteiger partial charge in [0.05, 0.1) is 0 Å². The first-order valence-corrected chi connectivity index (χ1v) is 7.22. The van der Waals surface area contributed by atoms with Crippen molar-refractivity contribution in [3.05, 3.63) is 0 Å². The van der Waals surface area contributed by atoms with Gasteiger partial charge in [0.2, 0.25) is 0 Å². The number of nitrogens with two attached hydrogens (primary N) is 1. The van der Waals surface area contributed by atoms with Crippen molar-refractivity contribution < 1.29 is 0 Å². The average molecular weight is 226 g/mol. The average Bonchev–Trinajstić information content (AvgIpc) is 2.57. The van der Waals surface area contributed by atoms with Gasteiger partial charge in [-0.3, -0.25) is 0 Å². The highest BCUT2D eigenvalue weighted by Gasteiger charge is 2.25. The SMILES string of the molecule is CCCCCCCCCN1CC(C)C(N)C1. The maximum absolute atomic E-state index is 6.01. The van der Waals surface area contributed by atoms with Gasteiger partial charge < -0.3 is 10.6 Å². The number of rotatable bonds is 8. The van der Waals surface area contributed by atoms with E-state index in [1.807, 2.05) is 0 Å². The van der Waals surface area contributed by atoms with E-state index in [2.05, 4.69) is 18.7 Å². The summed E-state index contributed by atoms with van der Waals surface area (Å²) in [6, 6.07) is 0.421. The molecule has 0 aromatic rings. The first-order valence-electron chi connectivity index (χ1n) is 7.22. The summed E-state index contributed by atoms with van der Waals surface area (Å²) < 4.78 is 0. The van der Waals surface area contributed by atoms with Crippen LogP contribution in [0.5, 0.6) is 0 Å². The lowest BCUT2D eigenvalue weighted by molar-refractivity contribution is 0.316. The Hall–Kier alpha value is -0.0800. The number of unbranched alkanes of at least 4 members (excludes halogenated alkanes) is 6. The molecule has 0 saturated carbocycles. The summed E-state index contributed by atoms with van der Waals surface area (Å²) in [5.74, 6) is 0.699. The summed E-state index contributed by atoms with van der Waals surface area (Å²) in [4.78, 5) is 2.54. The molecule has 0 amide bonds. The zero-order valence-corrected chi connectivity index (χ0v) is 11.3. The molecule has 0 spiro atoms. The molecule has 16 heavy (non-hydrogen) atoms. The van der Waals surface area contributed by atoms with Crippen molar-refractivity contribution in [3.63, 3.8) is 0 Å². The first-order chi connectivity index (χ1) is 7.74. The minimum atomic E-state index is 0.421. The van der Waals surface area contributed by atoms with Gasteiger partial charge in [0, 0.05) is 19.1 Å². The van der Waals surface area contributed by atoms with Crippen molar-refractivity contribution in [1.29, 1.82) is 0 Å². The molecular weight excluding hydrogens is 196 g/mol. The van der Waals surface area contributed by atoms with Crippen LogP contribution in [0.2, 0.25) is 0 Å². The monoisotopic (exact) mass is 226 g/mol. The van der Waals surface area contributed by atoms with Crippen molar-refractivity contribution in [2.75, 3.05) is 19.6 Å². The fourth-order valence-electron chi connectivity index (χ4n) is 2.57. The van der Waals surface area contributed by atoms with Crippen LogP contribution in [0, 0.1) is 5.92 Å². The van der Waals surface area contributed by atoms with Crippen LogP contribution in [-0.4, -0.2) is 30.6 Å². The molecule has 1 aliphatic heterocycles. The van der Waals surface area contributed by atoms with E-state index < -0.39 is 0 Å². The molecule has 0 bridgehead atoms. The molecule has 0 radical (unpaired) electrons. The van der Waals surface area contributed by atoms with Crippen molar-refractivity contribution in [2.45, 2.75) is 64.8 Å². The molecule has 2 N–H and O–H groups in total. The number of likely N-dealkylation sites (tertiary alicyclic amines) is 1. The highest BCUT2D eigenvalue weighted by Crippen LogP contribution is 2.15. The summed E-state index contributed by atoms with van der Waals surface area (Å²) in [5.41, 5.74) is 6.01. The molecular formula is C14H30N2. The van der Waals surface area contributed by atoms with Gasteiger partial charge in [-0.25, -0.2) is 0 Å². The largest absolute Gasteiger partial charge is 0.326 e. The zero-order chi connectivity index (χ0) is 11.8. The lowest BCUT2D eigenvalue weighted by Crippen LogP contribution is -2.28. The summed E-state index contributed by atoms with van der Waals surface area (Å²) in [6.45, 7) is 8.16. The molecule has 2 atom stereocenters. The van der Waals surface area contributed by atoms with Gasteiger partial charge in [-0.15, -0.1) is 0 Å². The highest BCUT2D eigenvalue weighted by atomic mass is 15.2. The standard InChI is InChI=1S/C14H30N2/c1-3-4-5-6-7-8-9-10-16-11-13(2)14(15)12-16/h13-14H,3-12,15H2,1-2H3. The van der Waals surface area contributed by atoms with Gasteiger partial charge in [-0.2, -0.15) is 0 Å². The molecule has 1 aliphatic rings. The van der Waals surface area contributed by atoms with Crippen LogP contribution >= 0.6 is 0 Å². The zero-order valence-electron chi connectivity index (χ0n) is 11.3. The molecule has 2 heteroatoms. The Morgan fingerprint density at radius 3 is 2.19 bits per heavy atom. The molecule has 96 valence electrons. The summed E-state index contributed by atoms with van der Waals surface area (Å²) in [6.07, 6.45) is 9.83. The first kappa shape index (κ1) is 14.0. The predicted molar refractivity (Wildman–Crippen MR) is 71.6 cm³/mol. The minimum absolute atomic E-state index is 0.421. The molecule has 1 heterocycles. The number of hydrogen-bond acceptors (Lipinski definition) is 2. The molecule has 2 nitrogen and oxygen atoms in total. The Morgan fingerprint density at radius 1 is 1.00 bits per heavy atom. The Bertz CT molecular complexity index is 160. The van der Waals surface area contributed by atoms with Gasteiger partial charge in [-0.1, -0.05) is 52.4 Å². The van der Waals surface area contributed by atoms with Crippen molar-refractivity contribution >= 4 is 0 Å². The van der Waals surface area contributed by atoms with Gasteiger partial charge in [0.25, 0.3) is 0 Å². The Balaban J connectivity index is 1.88. The van der Waals surface area contributed by atoms with Gasteiger partial charge >= 0.3 is 0 Å². The Labute approximate surface area is 102 Å². The topological polar surface area (TPSA) is 29.3 Å². The van der Waals surface area contributed by atoms with Crippen LogP contribution in [0.1, 0.15) is 58.8 Å². The van der Waals surface area contributed by atoms with E-state index in [-0.39, 0.29) is 0 Å². The van der Waals surface area contributed by atoms with E-state index >= 15 is 0 Å². The maximum Gasteiger partial charge on any atom is 0.0206 e. The van der Waals surface area contributed by atoms with Gasteiger partial charge in [0.15, 0.2) is 0 Å². The van der Waals surface area contributed by atoms with Crippen LogP contribution in [-0.2, 0) is 0 Å². The third-order valence-corrected chi connectivity index (χ3v) is 3.82. The third kappa shape index (κ3) is 5.31. The molecule has 0 aliphatic carbocycles. The van der Waals surface area contributed by atoms with Crippen LogP contribution < -0.4 is 5.73 Å². The van der Waals surface area contributed by atoms with Crippen LogP contribution in [0.25, 0.3) is 0 Å². The number of nitrogens with zero attached hydrogens (tertiary/aromatic N) is 1. The predicted octanol–water partition coefficient (Wildman–Crippen LogP) is 3.02. The second-order valence-corrected chi connectivity index (χ2v) is 5.52. The molecule has 1 saturated heterocycles. The molecule has 0 aromatic heterocycles. The molecule has 1 fully saturated rings. The minimum Gasteiger partial charge on any atom is -0.326 e. The number of hydrogen-bond donors (Lipinski definition) is 1. The van der Waals surface area contributed by atoms with E-state index in [9.17, 15) is 0 Å². The van der Waals surface area contributed by atoms with E-state index in [0.29, 0.717) is 12.0 Å². The quantitative estimate of drug-likeness (QED) is 0.645. The fraction of sp³-hybridized carbons (Fsp3) is 1.00. The second kappa shape index (κ2) is 8.08. The van der Waals surface area contributed by atoms with Crippen molar-refractivity contribution in [1.82, 2.24) is 4.90 Å². The van der Waals surface area contributed by atoms with E-state index in [4.69, 9.17) is 5.73 Å².